The highest BCUT2D eigenvalue weighted by Gasteiger charge is 2.27. The molecule has 0 radical (unpaired) electrons. The van der Waals surface area contributed by atoms with Crippen molar-refractivity contribution in [2.75, 3.05) is 33.0 Å². The van der Waals surface area contributed by atoms with Crippen LogP contribution in [0.25, 0.3) is 0 Å². The number of alkyl halides is 3. The molecule has 4 nitrogen and oxygen atoms in total. The predicted octanol–water partition coefficient (Wildman–Crippen LogP) is 2.69. The van der Waals surface area contributed by atoms with Crippen molar-refractivity contribution in [3.63, 3.8) is 0 Å². The number of hydrogen-bond acceptors (Lipinski definition) is 4. The minimum Gasteiger partial charge on any atom is -0.491 e. The van der Waals surface area contributed by atoms with E-state index in [0.717, 1.165) is 17.9 Å². The molecule has 1 aromatic rings. The van der Waals surface area contributed by atoms with Gasteiger partial charge in [-0.1, -0.05) is 6.92 Å². The maximum Gasteiger partial charge on any atom is 0.411 e. The molecule has 1 unspecified atom stereocenters. The van der Waals surface area contributed by atoms with Crippen molar-refractivity contribution in [3.05, 3.63) is 23.8 Å². The Morgan fingerprint density at radius 3 is 2.86 bits per heavy atom. The molecule has 1 heterocycles. The number of ether oxygens (including phenoxy) is 3. The Kier molecular flexibility index (Phi) is 5.30. The summed E-state index contributed by atoms with van der Waals surface area (Å²) >= 11 is 0. The van der Waals surface area contributed by atoms with E-state index in [-0.39, 0.29) is 19.3 Å². The molecule has 1 aromatic carbocycles. The number of halogens is 3. The monoisotopic (exact) mass is 305 g/mol. The molecule has 1 aliphatic rings. The van der Waals surface area contributed by atoms with Crippen LogP contribution in [0, 0.1) is 0 Å². The van der Waals surface area contributed by atoms with Crippen molar-refractivity contribution >= 4 is 0 Å². The molecule has 7 heteroatoms. The topological polar surface area (TPSA) is 39.7 Å². The van der Waals surface area contributed by atoms with Crippen molar-refractivity contribution in [1.82, 2.24) is 5.32 Å². The quantitative estimate of drug-likeness (QED) is 0.786. The van der Waals surface area contributed by atoms with Crippen LogP contribution in [0.1, 0.15) is 18.5 Å². The summed E-state index contributed by atoms with van der Waals surface area (Å²) in [6, 6.07) is 5.61. The van der Waals surface area contributed by atoms with Crippen molar-refractivity contribution in [3.8, 4) is 11.5 Å². The van der Waals surface area contributed by atoms with E-state index in [0.29, 0.717) is 12.4 Å². The van der Waals surface area contributed by atoms with Gasteiger partial charge in [0.15, 0.2) is 0 Å². The fraction of sp³-hybridized carbons (Fsp3) is 0.571. The maximum atomic E-state index is 11.9. The van der Waals surface area contributed by atoms with Crippen LogP contribution < -0.4 is 14.8 Å². The van der Waals surface area contributed by atoms with E-state index in [4.69, 9.17) is 9.47 Å². The fourth-order valence-electron chi connectivity index (χ4n) is 2.10. The van der Waals surface area contributed by atoms with Crippen LogP contribution in [-0.4, -0.2) is 39.1 Å². The summed E-state index contributed by atoms with van der Waals surface area (Å²) in [5, 5.41) is 3.30. The second-order valence-electron chi connectivity index (χ2n) is 4.64. The molecular formula is C14H18F3NO3. The Bertz CT molecular complexity index is 465. The molecule has 1 aliphatic heterocycles. The normalized spacial score (nSPS) is 17.4. The van der Waals surface area contributed by atoms with Gasteiger partial charge >= 0.3 is 6.18 Å². The number of hydrogen-bond donors (Lipinski definition) is 1. The third kappa shape index (κ3) is 4.78. The minimum absolute atomic E-state index is 0.0610. The van der Waals surface area contributed by atoms with Gasteiger partial charge in [-0.05, 0) is 18.7 Å². The van der Waals surface area contributed by atoms with Crippen molar-refractivity contribution in [2.24, 2.45) is 0 Å². The van der Waals surface area contributed by atoms with Crippen molar-refractivity contribution in [2.45, 2.75) is 19.1 Å². The molecule has 0 saturated heterocycles. The molecule has 0 saturated carbocycles. The molecule has 0 amide bonds. The van der Waals surface area contributed by atoms with Crippen LogP contribution in [0.2, 0.25) is 0 Å². The zero-order valence-corrected chi connectivity index (χ0v) is 11.7. The summed E-state index contributed by atoms with van der Waals surface area (Å²) in [6.07, 6.45) is -4.30. The highest BCUT2D eigenvalue weighted by Crippen LogP contribution is 2.35. The molecule has 0 fully saturated rings. The molecule has 118 valence electrons. The van der Waals surface area contributed by atoms with Gasteiger partial charge in [-0.25, -0.2) is 0 Å². The van der Waals surface area contributed by atoms with Crippen LogP contribution in [0.4, 0.5) is 13.2 Å². The van der Waals surface area contributed by atoms with Crippen molar-refractivity contribution in [1.29, 1.82) is 0 Å². The van der Waals surface area contributed by atoms with E-state index in [9.17, 15) is 13.2 Å². The highest BCUT2D eigenvalue weighted by molar-refractivity contribution is 5.45. The predicted molar refractivity (Wildman–Crippen MR) is 70.7 cm³/mol. The summed E-state index contributed by atoms with van der Waals surface area (Å²) in [4.78, 5) is 0. The third-order valence-electron chi connectivity index (χ3n) is 2.98. The van der Waals surface area contributed by atoms with Crippen LogP contribution in [0.5, 0.6) is 11.5 Å². The Labute approximate surface area is 121 Å². The average Bonchev–Trinajstić information content (AvgIpc) is 2.80. The molecule has 0 aromatic heterocycles. The first-order valence-electron chi connectivity index (χ1n) is 6.77. The van der Waals surface area contributed by atoms with Crippen LogP contribution in [-0.2, 0) is 4.74 Å². The minimum atomic E-state index is -4.30. The highest BCUT2D eigenvalue weighted by atomic mass is 19.4. The van der Waals surface area contributed by atoms with Crippen molar-refractivity contribution < 1.29 is 27.4 Å². The molecule has 1 atom stereocenters. The third-order valence-corrected chi connectivity index (χ3v) is 2.98. The Balaban J connectivity index is 1.78. The molecule has 0 aliphatic carbocycles. The van der Waals surface area contributed by atoms with Gasteiger partial charge < -0.3 is 19.5 Å². The average molecular weight is 305 g/mol. The van der Waals surface area contributed by atoms with Gasteiger partial charge in [-0.3, -0.25) is 0 Å². The lowest BCUT2D eigenvalue weighted by molar-refractivity contribution is -0.175. The standard InChI is InChI=1S/C14H18F3NO3/c1-2-18-12-8-21-13-7-10(3-4-11(12)13)20-6-5-19-9-14(15,16)17/h3-4,7,12,18H,2,5-6,8-9H2,1H3. The van der Waals surface area contributed by atoms with Gasteiger partial charge in [0.25, 0.3) is 0 Å². The summed E-state index contributed by atoms with van der Waals surface area (Å²) in [5.74, 6) is 1.30. The largest absolute Gasteiger partial charge is 0.491 e. The van der Waals surface area contributed by atoms with Gasteiger partial charge in [-0.15, -0.1) is 0 Å². The number of rotatable bonds is 7. The van der Waals surface area contributed by atoms with E-state index in [1.165, 1.54) is 0 Å². The van der Waals surface area contributed by atoms with Gasteiger partial charge in [-0.2, -0.15) is 13.2 Å². The molecule has 0 bridgehead atoms. The van der Waals surface area contributed by atoms with E-state index in [1.807, 2.05) is 13.0 Å². The van der Waals surface area contributed by atoms with Gasteiger partial charge in [0.2, 0.25) is 0 Å². The maximum absolute atomic E-state index is 11.9. The van der Waals surface area contributed by atoms with E-state index >= 15 is 0 Å². The van der Waals surface area contributed by atoms with Gasteiger partial charge in [0, 0.05) is 11.6 Å². The summed E-state index contributed by atoms with van der Waals surface area (Å²) in [6.45, 7) is 2.14. The molecule has 21 heavy (non-hydrogen) atoms. The first-order valence-corrected chi connectivity index (χ1v) is 6.77. The molecule has 2 rings (SSSR count). The van der Waals surface area contributed by atoms with Gasteiger partial charge in [0.1, 0.15) is 31.3 Å². The Morgan fingerprint density at radius 2 is 2.14 bits per heavy atom. The van der Waals surface area contributed by atoms with Crippen LogP contribution in [0.15, 0.2) is 18.2 Å². The Hall–Kier alpha value is -1.47. The van der Waals surface area contributed by atoms with E-state index in [2.05, 4.69) is 10.1 Å². The lowest BCUT2D eigenvalue weighted by atomic mass is 10.1. The van der Waals surface area contributed by atoms with E-state index < -0.39 is 12.8 Å². The fourth-order valence-corrected chi connectivity index (χ4v) is 2.10. The lowest BCUT2D eigenvalue weighted by Crippen LogP contribution is -2.21. The number of benzene rings is 1. The number of nitrogens with one attached hydrogen (secondary N) is 1. The number of fused-ring (bicyclic) bond motifs is 1. The molecular weight excluding hydrogens is 287 g/mol. The first kappa shape index (κ1) is 15.9. The summed E-state index contributed by atoms with van der Waals surface area (Å²) in [5.41, 5.74) is 1.07. The second-order valence-corrected chi connectivity index (χ2v) is 4.64. The first-order chi connectivity index (χ1) is 9.99. The molecule has 0 spiro atoms. The zero-order valence-electron chi connectivity index (χ0n) is 11.7. The summed E-state index contributed by atoms with van der Waals surface area (Å²) < 4.78 is 51.0. The smallest absolute Gasteiger partial charge is 0.411 e. The Morgan fingerprint density at radius 1 is 1.33 bits per heavy atom. The van der Waals surface area contributed by atoms with Crippen LogP contribution >= 0.6 is 0 Å². The lowest BCUT2D eigenvalue weighted by Gasteiger charge is -2.11. The van der Waals surface area contributed by atoms with E-state index in [1.54, 1.807) is 12.1 Å². The number of likely N-dealkylation sites (N-methyl/N-ethyl adjacent to an activating group) is 1. The zero-order chi connectivity index (χ0) is 15.3. The van der Waals surface area contributed by atoms with Crippen LogP contribution in [0.3, 0.4) is 0 Å². The summed E-state index contributed by atoms with van der Waals surface area (Å²) in [7, 11) is 0. The van der Waals surface area contributed by atoms with Gasteiger partial charge in [0.05, 0.1) is 12.6 Å². The second kappa shape index (κ2) is 7.00. The SMILES string of the molecule is CCNC1COc2cc(OCCOCC(F)(F)F)ccc21. The molecule has 1 N–H and O–H groups in total.